The maximum atomic E-state index is 12.1. The van der Waals surface area contributed by atoms with Crippen LogP contribution < -0.4 is 4.74 Å². The van der Waals surface area contributed by atoms with Crippen LogP contribution in [0.4, 0.5) is 13.2 Å². The van der Waals surface area contributed by atoms with Gasteiger partial charge in [0.25, 0.3) is 0 Å². The summed E-state index contributed by atoms with van der Waals surface area (Å²) in [5.41, 5.74) is 0.934. The highest BCUT2D eigenvalue weighted by atomic mass is 79.9. The Morgan fingerprint density at radius 2 is 1.95 bits per heavy atom. The molecule has 1 aliphatic heterocycles. The maximum absolute atomic E-state index is 12.1. The number of benzene rings is 1. The second kappa shape index (κ2) is 6.11. The molecule has 106 valence electrons. The molecule has 0 saturated carbocycles. The monoisotopic (exact) mass is 339 g/mol. The van der Waals surface area contributed by atoms with Gasteiger partial charge in [0.1, 0.15) is 5.75 Å². The van der Waals surface area contributed by atoms with Crippen molar-refractivity contribution in [2.45, 2.75) is 12.9 Å². The average molecular weight is 340 g/mol. The molecule has 7 heteroatoms. The summed E-state index contributed by atoms with van der Waals surface area (Å²) in [5, 5.41) is 0. The van der Waals surface area contributed by atoms with Gasteiger partial charge in [0.05, 0.1) is 17.7 Å². The van der Waals surface area contributed by atoms with Gasteiger partial charge >= 0.3 is 6.36 Å². The minimum Gasteiger partial charge on any atom is -0.405 e. The fourth-order valence-corrected chi connectivity index (χ4v) is 2.37. The van der Waals surface area contributed by atoms with Crippen LogP contribution in [-0.2, 0) is 11.3 Å². The number of ether oxygens (including phenoxy) is 2. The van der Waals surface area contributed by atoms with E-state index in [1.54, 1.807) is 12.1 Å². The first-order valence-corrected chi connectivity index (χ1v) is 6.57. The molecule has 2 rings (SSSR count). The lowest BCUT2D eigenvalue weighted by molar-refractivity contribution is -0.274. The Hall–Kier alpha value is -0.790. The zero-order chi connectivity index (χ0) is 13.9. The van der Waals surface area contributed by atoms with Gasteiger partial charge in [-0.3, -0.25) is 4.90 Å². The second-order valence-electron chi connectivity index (χ2n) is 4.20. The average Bonchev–Trinajstić information content (AvgIpc) is 2.33. The van der Waals surface area contributed by atoms with Gasteiger partial charge in [0.15, 0.2) is 0 Å². The second-order valence-corrected chi connectivity index (χ2v) is 5.06. The smallest absolute Gasteiger partial charge is 0.405 e. The van der Waals surface area contributed by atoms with Crippen LogP contribution in [0.1, 0.15) is 5.56 Å². The molecule has 0 radical (unpaired) electrons. The number of rotatable bonds is 3. The van der Waals surface area contributed by atoms with Crippen LogP contribution in [0, 0.1) is 0 Å². The number of halogens is 4. The molecule has 1 heterocycles. The molecule has 0 amide bonds. The predicted octanol–water partition coefficient (Wildman–Crippen LogP) is 3.18. The largest absolute Gasteiger partial charge is 0.573 e. The van der Waals surface area contributed by atoms with Gasteiger partial charge < -0.3 is 9.47 Å². The molecule has 1 aliphatic rings. The third kappa shape index (κ3) is 4.67. The molecular weight excluding hydrogens is 327 g/mol. The summed E-state index contributed by atoms with van der Waals surface area (Å²) in [6, 6.07) is 4.62. The highest BCUT2D eigenvalue weighted by Crippen LogP contribution is 2.31. The maximum Gasteiger partial charge on any atom is 0.573 e. The van der Waals surface area contributed by atoms with E-state index in [2.05, 4.69) is 25.6 Å². The highest BCUT2D eigenvalue weighted by Gasteiger charge is 2.31. The first-order chi connectivity index (χ1) is 8.94. The van der Waals surface area contributed by atoms with E-state index < -0.39 is 6.36 Å². The molecule has 1 saturated heterocycles. The summed E-state index contributed by atoms with van der Waals surface area (Å²) in [4.78, 5) is 2.19. The zero-order valence-electron chi connectivity index (χ0n) is 10.0. The molecule has 19 heavy (non-hydrogen) atoms. The molecule has 1 aromatic rings. The van der Waals surface area contributed by atoms with E-state index in [-0.39, 0.29) is 5.75 Å². The number of alkyl halides is 3. The predicted molar refractivity (Wildman–Crippen MR) is 66.9 cm³/mol. The summed E-state index contributed by atoms with van der Waals surface area (Å²) in [6.45, 7) is 3.73. The molecule has 0 N–H and O–H groups in total. The van der Waals surface area contributed by atoms with Crippen molar-refractivity contribution >= 4 is 15.9 Å². The van der Waals surface area contributed by atoms with Crippen molar-refractivity contribution < 1.29 is 22.6 Å². The molecular formula is C12H13BrF3NO2. The Balaban J connectivity index is 2.01. The molecule has 1 fully saturated rings. The third-order valence-corrected chi connectivity index (χ3v) is 3.35. The molecule has 0 atom stereocenters. The Bertz CT molecular complexity index is 433. The molecule has 3 nitrogen and oxygen atoms in total. The summed E-state index contributed by atoms with van der Waals surface area (Å²) < 4.78 is 45.8. The van der Waals surface area contributed by atoms with Crippen LogP contribution in [0.15, 0.2) is 22.7 Å². The minimum atomic E-state index is -4.67. The molecule has 0 aromatic heterocycles. The van der Waals surface area contributed by atoms with Gasteiger partial charge in [-0.25, -0.2) is 0 Å². The van der Waals surface area contributed by atoms with Gasteiger partial charge in [-0.1, -0.05) is 6.07 Å². The highest BCUT2D eigenvalue weighted by molar-refractivity contribution is 9.10. The third-order valence-electron chi connectivity index (χ3n) is 2.73. The zero-order valence-corrected chi connectivity index (χ0v) is 11.6. The van der Waals surface area contributed by atoms with E-state index in [1.807, 2.05) is 0 Å². The van der Waals surface area contributed by atoms with Crippen LogP contribution in [0.5, 0.6) is 5.75 Å². The molecule has 0 spiro atoms. The van der Waals surface area contributed by atoms with E-state index in [0.29, 0.717) is 24.2 Å². The first kappa shape index (κ1) is 14.6. The Labute approximate surface area is 117 Å². The summed E-state index contributed by atoms with van der Waals surface area (Å²) >= 11 is 3.10. The Morgan fingerprint density at radius 3 is 2.53 bits per heavy atom. The van der Waals surface area contributed by atoms with Gasteiger partial charge in [-0.05, 0) is 33.6 Å². The van der Waals surface area contributed by atoms with E-state index in [4.69, 9.17) is 4.74 Å². The van der Waals surface area contributed by atoms with Gasteiger partial charge in [0.2, 0.25) is 0 Å². The minimum absolute atomic E-state index is 0.224. The van der Waals surface area contributed by atoms with Crippen LogP contribution in [0.25, 0.3) is 0 Å². The number of hydrogen-bond acceptors (Lipinski definition) is 3. The van der Waals surface area contributed by atoms with E-state index >= 15 is 0 Å². The van der Waals surface area contributed by atoms with Crippen LogP contribution in [-0.4, -0.2) is 37.6 Å². The van der Waals surface area contributed by atoms with Crippen molar-refractivity contribution in [2.24, 2.45) is 0 Å². The fraction of sp³-hybridized carbons (Fsp3) is 0.500. The van der Waals surface area contributed by atoms with Crippen molar-refractivity contribution in [1.29, 1.82) is 0 Å². The summed E-state index contributed by atoms with van der Waals surface area (Å²) in [6.07, 6.45) is -4.67. The van der Waals surface area contributed by atoms with Crippen LogP contribution >= 0.6 is 15.9 Å². The molecule has 0 aliphatic carbocycles. The normalized spacial score (nSPS) is 17.5. The van der Waals surface area contributed by atoms with Crippen molar-refractivity contribution in [3.63, 3.8) is 0 Å². The summed E-state index contributed by atoms with van der Waals surface area (Å²) in [7, 11) is 0. The van der Waals surface area contributed by atoms with Crippen molar-refractivity contribution in [3.8, 4) is 5.75 Å². The molecule has 0 unspecified atom stereocenters. The van der Waals surface area contributed by atoms with Gasteiger partial charge in [-0.15, -0.1) is 13.2 Å². The SMILES string of the molecule is FC(F)(F)Oc1ccc(CN2CCOCC2)cc1Br. The van der Waals surface area contributed by atoms with Crippen molar-refractivity contribution in [2.75, 3.05) is 26.3 Å². The quantitative estimate of drug-likeness (QED) is 0.844. The lowest BCUT2D eigenvalue weighted by atomic mass is 10.2. The Kier molecular flexibility index (Phi) is 4.70. The van der Waals surface area contributed by atoms with Crippen LogP contribution in [0.2, 0.25) is 0 Å². The number of nitrogens with zero attached hydrogens (tertiary/aromatic N) is 1. The number of morpholine rings is 1. The molecule has 0 bridgehead atoms. The van der Waals surface area contributed by atoms with Gasteiger partial charge in [-0.2, -0.15) is 0 Å². The fourth-order valence-electron chi connectivity index (χ4n) is 1.87. The topological polar surface area (TPSA) is 21.7 Å². The van der Waals surface area contributed by atoms with E-state index in [9.17, 15) is 13.2 Å². The van der Waals surface area contributed by atoms with Gasteiger partial charge in [0, 0.05) is 19.6 Å². The van der Waals surface area contributed by atoms with Crippen LogP contribution in [0.3, 0.4) is 0 Å². The lowest BCUT2D eigenvalue weighted by Crippen LogP contribution is -2.35. The lowest BCUT2D eigenvalue weighted by Gasteiger charge is -2.26. The number of hydrogen-bond donors (Lipinski definition) is 0. The standard InChI is InChI=1S/C12H13BrF3NO2/c13-10-7-9(8-17-3-5-18-6-4-17)1-2-11(10)19-12(14,15)16/h1-2,7H,3-6,8H2. The summed E-state index contributed by atoms with van der Waals surface area (Å²) in [5.74, 6) is -0.224. The van der Waals surface area contributed by atoms with Crippen molar-refractivity contribution in [1.82, 2.24) is 4.90 Å². The van der Waals surface area contributed by atoms with E-state index in [0.717, 1.165) is 18.7 Å². The first-order valence-electron chi connectivity index (χ1n) is 5.78. The van der Waals surface area contributed by atoms with Crippen molar-refractivity contribution in [3.05, 3.63) is 28.2 Å². The Morgan fingerprint density at radius 1 is 1.26 bits per heavy atom. The molecule has 1 aromatic carbocycles. The van der Waals surface area contributed by atoms with E-state index in [1.165, 1.54) is 6.07 Å².